The van der Waals surface area contributed by atoms with Gasteiger partial charge in [-0.3, -0.25) is 9.59 Å². The minimum absolute atomic E-state index is 0.332. The number of nitrogen functional groups attached to an aromatic ring is 1. The van der Waals surface area contributed by atoms with Crippen LogP contribution >= 0.6 is 0 Å². The largest absolute Gasteiger partial charge is 0.397 e. The molecular weight excluding hydrogens is 232 g/mol. The first-order valence-corrected chi connectivity index (χ1v) is 5.21. The molecule has 0 atom stereocenters. The molecule has 2 rings (SSSR count). The summed E-state index contributed by atoms with van der Waals surface area (Å²) in [6, 6.07) is 7.90. The summed E-state index contributed by atoms with van der Waals surface area (Å²) in [7, 11) is 0. The van der Waals surface area contributed by atoms with Crippen molar-refractivity contribution in [3.05, 3.63) is 47.8 Å². The van der Waals surface area contributed by atoms with E-state index in [0.717, 1.165) is 0 Å². The average Bonchev–Trinajstić information content (AvgIpc) is 2.76. The van der Waals surface area contributed by atoms with Gasteiger partial charge in [-0.2, -0.15) is 0 Å². The number of H-pyrrole nitrogens is 1. The average molecular weight is 244 g/mol. The van der Waals surface area contributed by atoms with Gasteiger partial charge in [0, 0.05) is 23.1 Å². The predicted molar refractivity (Wildman–Crippen MR) is 68.1 cm³/mol. The van der Waals surface area contributed by atoms with Crippen molar-refractivity contribution in [1.82, 2.24) is 4.98 Å². The first-order valence-electron chi connectivity index (χ1n) is 5.21. The number of nitrogens with one attached hydrogen (secondary N) is 2. The Labute approximate surface area is 103 Å². The number of primary amides is 1. The van der Waals surface area contributed by atoms with E-state index in [9.17, 15) is 9.59 Å². The highest BCUT2D eigenvalue weighted by atomic mass is 16.2. The van der Waals surface area contributed by atoms with Gasteiger partial charge >= 0.3 is 0 Å². The summed E-state index contributed by atoms with van der Waals surface area (Å²) in [5, 5.41) is 2.63. The summed E-state index contributed by atoms with van der Waals surface area (Å²) in [4.78, 5) is 25.5. The van der Waals surface area contributed by atoms with E-state index in [4.69, 9.17) is 11.5 Å². The minimum atomic E-state index is -0.546. The second kappa shape index (κ2) is 4.62. The highest BCUT2D eigenvalue weighted by Crippen LogP contribution is 2.12. The summed E-state index contributed by atoms with van der Waals surface area (Å²) >= 11 is 0. The van der Waals surface area contributed by atoms with Crippen LogP contribution in [0.3, 0.4) is 0 Å². The first kappa shape index (κ1) is 11.7. The van der Waals surface area contributed by atoms with Crippen LogP contribution in [0.4, 0.5) is 11.4 Å². The molecule has 0 saturated heterocycles. The van der Waals surface area contributed by atoms with Crippen molar-refractivity contribution in [2.24, 2.45) is 5.73 Å². The second-order valence-corrected chi connectivity index (χ2v) is 3.75. The third-order valence-corrected chi connectivity index (χ3v) is 2.35. The number of carbonyl (C=O) groups is 2. The zero-order valence-electron chi connectivity index (χ0n) is 9.44. The van der Waals surface area contributed by atoms with E-state index in [2.05, 4.69) is 10.3 Å². The van der Waals surface area contributed by atoms with Crippen molar-refractivity contribution in [1.29, 1.82) is 0 Å². The Kier molecular flexibility index (Phi) is 3.01. The second-order valence-electron chi connectivity index (χ2n) is 3.75. The summed E-state index contributed by atoms with van der Waals surface area (Å²) in [5.41, 5.74) is 12.3. The number of anilines is 2. The molecule has 0 unspecified atom stereocenters. The van der Waals surface area contributed by atoms with Crippen LogP contribution in [0.2, 0.25) is 0 Å². The molecule has 6 heteroatoms. The molecule has 0 radical (unpaired) electrons. The number of aromatic nitrogens is 1. The molecule has 1 aromatic heterocycles. The van der Waals surface area contributed by atoms with Crippen LogP contribution in [0.1, 0.15) is 20.8 Å². The van der Waals surface area contributed by atoms with Gasteiger partial charge in [0.15, 0.2) is 0 Å². The molecule has 0 saturated carbocycles. The van der Waals surface area contributed by atoms with Crippen LogP contribution in [-0.4, -0.2) is 16.8 Å². The maximum absolute atomic E-state index is 11.8. The molecule has 0 aliphatic rings. The SMILES string of the molecule is NC(=O)c1cccc(NC(=O)c2cc(N)c[nH]2)c1. The molecule has 0 bridgehead atoms. The van der Waals surface area contributed by atoms with Crippen molar-refractivity contribution in [3.63, 3.8) is 0 Å². The highest BCUT2D eigenvalue weighted by Gasteiger charge is 2.09. The molecule has 0 aliphatic heterocycles. The van der Waals surface area contributed by atoms with Crippen molar-refractivity contribution >= 4 is 23.2 Å². The van der Waals surface area contributed by atoms with E-state index in [1.807, 2.05) is 0 Å². The van der Waals surface area contributed by atoms with Gasteiger partial charge in [0.2, 0.25) is 5.91 Å². The van der Waals surface area contributed by atoms with E-state index in [1.165, 1.54) is 18.3 Å². The van der Waals surface area contributed by atoms with Crippen LogP contribution in [0, 0.1) is 0 Å². The number of carbonyl (C=O) groups excluding carboxylic acids is 2. The molecule has 1 heterocycles. The van der Waals surface area contributed by atoms with E-state index in [-0.39, 0.29) is 5.91 Å². The molecule has 6 nitrogen and oxygen atoms in total. The van der Waals surface area contributed by atoms with Crippen LogP contribution in [-0.2, 0) is 0 Å². The fourth-order valence-electron chi connectivity index (χ4n) is 1.49. The number of aromatic amines is 1. The summed E-state index contributed by atoms with van der Waals surface area (Å²) in [5.74, 6) is -0.886. The molecule has 2 aromatic rings. The monoisotopic (exact) mass is 244 g/mol. The fourth-order valence-corrected chi connectivity index (χ4v) is 1.49. The van der Waals surface area contributed by atoms with Gasteiger partial charge in [-0.15, -0.1) is 0 Å². The standard InChI is InChI=1S/C12H12N4O2/c13-8-5-10(15-6-8)12(18)16-9-3-1-2-7(4-9)11(14)17/h1-6,15H,13H2,(H2,14,17)(H,16,18). The van der Waals surface area contributed by atoms with Crippen molar-refractivity contribution in [3.8, 4) is 0 Å². The van der Waals surface area contributed by atoms with Gasteiger partial charge in [-0.25, -0.2) is 0 Å². The summed E-state index contributed by atoms with van der Waals surface area (Å²) in [6.07, 6.45) is 1.52. The number of nitrogens with two attached hydrogens (primary N) is 2. The Morgan fingerprint density at radius 2 is 2.00 bits per heavy atom. The molecule has 1 aromatic carbocycles. The third kappa shape index (κ3) is 2.49. The normalized spacial score (nSPS) is 10.0. The number of hydrogen-bond acceptors (Lipinski definition) is 3. The third-order valence-electron chi connectivity index (χ3n) is 2.35. The van der Waals surface area contributed by atoms with Crippen LogP contribution in [0.25, 0.3) is 0 Å². The van der Waals surface area contributed by atoms with Gasteiger partial charge in [0.1, 0.15) is 5.69 Å². The van der Waals surface area contributed by atoms with Crippen molar-refractivity contribution in [2.45, 2.75) is 0 Å². The van der Waals surface area contributed by atoms with Gasteiger partial charge in [0.25, 0.3) is 5.91 Å². The predicted octanol–water partition coefficient (Wildman–Crippen LogP) is 0.948. The molecule has 2 amide bonds. The first-order chi connectivity index (χ1) is 8.56. The molecule has 0 spiro atoms. The Balaban J connectivity index is 2.16. The Morgan fingerprint density at radius 3 is 2.61 bits per heavy atom. The Hall–Kier alpha value is -2.76. The molecule has 0 fully saturated rings. The minimum Gasteiger partial charge on any atom is -0.397 e. The highest BCUT2D eigenvalue weighted by molar-refractivity contribution is 6.04. The molecule has 6 N–H and O–H groups in total. The Bertz CT molecular complexity index is 604. The Morgan fingerprint density at radius 1 is 1.22 bits per heavy atom. The topological polar surface area (TPSA) is 114 Å². The smallest absolute Gasteiger partial charge is 0.272 e. The van der Waals surface area contributed by atoms with Crippen LogP contribution in [0.5, 0.6) is 0 Å². The zero-order chi connectivity index (χ0) is 13.1. The van der Waals surface area contributed by atoms with Crippen LogP contribution < -0.4 is 16.8 Å². The maximum atomic E-state index is 11.8. The quantitative estimate of drug-likeness (QED) is 0.644. The van der Waals surface area contributed by atoms with Crippen molar-refractivity contribution in [2.75, 3.05) is 11.1 Å². The zero-order valence-corrected chi connectivity index (χ0v) is 9.44. The van der Waals surface area contributed by atoms with Gasteiger partial charge in [0.05, 0.1) is 0 Å². The lowest BCUT2D eigenvalue weighted by Gasteiger charge is -2.04. The summed E-state index contributed by atoms with van der Waals surface area (Å²) in [6.45, 7) is 0. The lowest BCUT2D eigenvalue weighted by Crippen LogP contribution is -2.14. The number of hydrogen-bond donors (Lipinski definition) is 4. The van der Waals surface area contributed by atoms with E-state index < -0.39 is 5.91 Å². The number of amides is 2. The van der Waals surface area contributed by atoms with E-state index in [1.54, 1.807) is 18.2 Å². The van der Waals surface area contributed by atoms with Gasteiger partial charge < -0.3 is 21.8 Å². The number of rotatable bonds is 3. The molecule has 0 aliphatic carbocycles. The molecular formula is C12H12N4O2. The lowest BCUT2D eigenvalue weighted by atomic mass is 10.2. The van der Waals surface area contributed by atoms with Crippen molar-refractivity contribution < 1.29 is 9.59 Å². The number of benzene rings is 1. The van der Waals surface area contributed by atoms with Gasteiger partial charge in [-0.05, 0) is 24.3 Å². The maximum Gasteiger partial charge on any atom is 0.272 e. The van der Waals surface area contributed by atoms with E-state index in [0.29, 0.717) is 22.6 Å². The fraction of sp³-hybridized carbons (Fsp3) is 0. The lowest BCUT2D eigenvalue weighted by molar-refractivity contribution is 0.0995. The van der Waals surface area contributed by atoms with Crippen LogP contribution in [0.15, 0.2) is 36.5 Å². The van der Waals surface area contributed by atoms with Gasteiger partial charge in [-0.1, -0.05) is 6.07 Å². The summed E-state index contributed by atoms with van der Waals surface area (Å²) < 4.78 is 0. The molecule has 92 valence electrons. The molecule has 18 heavy (non-hydrogen) atoms. The van der Waals surface area contributed by atoms with E-state index >= 15 is 0 Å².